The first-order valence-electron chi connectivity index (χ1n) is 42.2. The molecule has 0 heterocycles. The first-order chi connectivity index (χ1) is 48.6. The third kappa shape index (κ3) is 74.7. The van der Waals surface area contributed by atoms with Crippen LogP contribution in [0.25, 0.3) is 0 Å². The number of aliphatic hydroxyl groups is 1. The molecule has 3 N–H and O–H groups in total. The zero-order valence-corrected chi connectivity index (χ0v) is 68.3. The monoisotopic (exact) mass is 1480 g/mol. The van der Waals surface area contributed by atoms with Crippen molar-refractivity contribution in [1.82, 2.24) is 0 Å². The molecule has 600 valence electrons. The van der Waals surface area contributed by atoms with Crippen LogP contribution in [0.2, 0.25) is 0 Å². The molecule has 0 aliphatic heterocycles. The van der Waals surface area contributed by atoms with E-state index in [4.69, 9.17) is 37.0 Å². The van der Waals surface area contributed by atoms with Crippen LogP contribution in [0, 0.1) is 23.7 Å². The van der Waals surface area contributed by atoms with Gasteiger partial charge in [0.15, 0.2) is 12.2 Å². The zero-order chi connectivity index (χ0) is 74.6. The molecule has 0 aromatic carbocycles. The molecule has 0 aliphatic rings. The average molecular weight is 1480 g/mol. The summed E-state index contributed by atoms with van der Waals surface area (Å²) in [6.07, 6.45) is 58.4. The third-order valence-corrected chi connectivity index (χ3v) is 21.3. The fourth-order valence-electron chi connectivity index (χ4n) is 12.6. The summed E-state index contributed by atoms with van der Waals surface area (Å²) in [4.78, 5) is 73.0. The molecule has 0 aromatic rings. The molecule has 0 rings (SSSR count). The molecular formula is C82H160O17P2. The van der Waals surface area contributed by atoms with Crippen LogP contribution in [0.5, 0.6) is 0 Å². The lowest BCUT2D eigenvalue weighted by Gasteiger charge is -2.21. The van der Waals surface area contributed by atoms with Crippen molar-refractivity contribution < 1.29 is 80.2 Å². The highest BCUT2D eigenvalue weighted by molar-refractivity contribution is 7.47. The maximum atomic E-state index is 13.1. The number of carbonyl (C=O) groups excluding carboxylic acids is 4. The number of phosphoric ester groups is 2. The van der Waals surface area contributed by atoms with Crippen LogP contribution in [0.3, 0.4) is 0 Å². The number of aliphatic hydroxyl groups excluding tert-OH is 1. The van der Waals surface area contributed by atoms with E-state index in [9.17, 15) is 43.2 Å². The van der Waals surface area contributed by atoms with Crippen molar-refractivity contribution in [3.05, 3.63) is 0 Å². The van der Waals surface area contributed by atoms with Crippen molar-refractivity contribution >= 4 is 39.5 Å². The van der Waals surface area contributed by atoms with Crippen LogP contribution >= 0.6 is 15.6 Å². The van der Waals surface area contributed by atoms with Gasteiger partial charge in [-0.1, -0.05) is 370 Å². The van der Waals surface area contributed by atoms with Crippen molar-refractivity contribution in [3.63, 3.8) is 0 Å². The van der Waals surface area contributed by atoms with Crippen molar-refractivity contribution in [1.29, 1.82) is 0 Å². The largest absolute Gasteiger partial charge is 0.472 e. The fraction of sp³-hybridized carbons (Fsp3) is 0.951. The predicted molar refractivity (Wildman–Crippen MR) is 414 cm³/mol. The minimum atomic E-state index is -4.96. The predicted octanol–water partition coefficient (Wildman–Crippen LogP) is 24.4. The van der Waals surface area contributed by atoms with Crippen LogP contribution < -0.4 is 0 Å². The van der Waals surface area contributed by atoms with Gasteiger partial charge in [-0.05, 0) is 49.4 Å². The highest BCUT2D eigenvalue weighted by Crippen LogP contribution is 2.45. The molecule has 0 saturated heterocycles. The Kier molecular flexibility index (Phi) is 69.6. The molecule has 19 heteroatoms. The molecular weight excluding hydrogens is 1320 g/mol. The van der Waals surface area contributed by atoms with Crippen molar-refractivity contribution in [2.24, 2.45) is 23.7 Å². The average Bonchev–Trinajstić information content (AvgIpc) is 0.921. The molecule has 0 fully saturated rings. The van der Waals surface area contributed by atoms with E-state index in [-0.39, 0.29) is 25.7 Å². The molecule has 0 radical (unpaired) electrons. The summed E-state index contributed by atoms with van der Waals surface area (Å²) in [5.41, 5.74) is 0. The summed E-state index contributed by atoms with van der Waals surface area (Å²) < 4.78 is 68.7. The van der Waals surface area contributed by atoms with Gasteiger partial charge in [0, 0.05) is 25.7 Å². The number of hydrogen-bond donors (Lipinski definition) is 3. The molecule has 0 saturated carbocycles. The van der Waals surface area contributed by atoms with Crippen LogP contribution in [0.4, 0.5) is 0 Å². The summed E-state index contributed by atoms with van der Waals surface area (Å²) in [5, 5.41) is 10.6. The van der Waals surface area contributed by atoms with Crippen LogP contribution in [0.15, 0.2) is 0 Å². The van der Waals surface area contributed by atoms with Crippen molar-refractivity contribution in [3.8, 4) is 0 Å². The van der Waals surface area contributed by atoms with Gasteiger partial charge in [0.1, 0.15) is 19.3 Å². The van der Waals surface area contributed by atoms with E-state index in [1.165, 1.54) is 218 Å². The second-order valence-corrected chi connectivity index (χ2v) is 34.1. The van der Waals surface area contributed by atoms with Gasteiger partial charge < -0.3 is 33.8 Å². The van der Waals surface area contributed by atoms with E-state index >= 15 is 0 Å². The molecule has 0 amide bonds. The standard InChI is InChI=1S/C82H160O17P2/c1-9-75(8)61-53-45-40-41-47-55-63-80(85)93-69-78(99-82(87)65-57-49-39-33-27-26-30-36-44-52-60-74(6)7)71-97-101(90,91)95-67-76(83)66-94-100(88,89)96-70-77(68-92-79(84)62-54-46-37-31-24-20-17-16-19-23-29-35-43-51-59-73(4)5)98-81(86)64-56-48-38-32-25-21-15-13-11-10-12-14-18-22-28-34-42-50-58-72(2)3/h72-78,83H,9-71H2,1-8H3,(H,88,89)(H,90,91)/t75?,76-,77-,78-/m1/s1. The lowest BCUT2D eigenvalue weighted by Crippen LogP contribution is -2.30. The molecule has 3 unspecified atom stereocenters. The van der Waals surface area contributed by atoms with Gasteiger partial charge in [-0.3, -0.25) is 37.3 Å². The highest BCUT2D eigenvalue weighted by atomic mass is 31.2. The number of ether oxygens (including phenoxy) is 4. The molecule has 6 atom stereocenters. The lowest BCUT2D eigenvalue weighted by molar-refractivity contribution is -0.161. The maximum Gasteiger partial charge on any atom is 0.472 e. The molecule has 0 aliphatic carbocycles. The second-order valence-electron chi connectivity index (χ2n) is 31.2. The lowest BCUT2D eigenvalue weighted by atomic mass is 10.00. The van der Waals surface area contributed by atoms with E-state index in [1.54, 1.807) is 0 Å². The Hall–Kier alpha value is -1.94. The SMILES string of the molecule is CCC(C)CCCCCCCCC(=O)OC[C@H](COP(=O)(O)OC[C@H](O)COP(=O)(O)OC[C@@H](COC(=O)CCCCCCCCCCCCCCCCC(C)C)OC(=O)CCCCCCCCCCCCCCCCCCCCC(C)C)OC(=O)CCCCCCCCCCCCC(C)C. The Balaban J connectivity index is 5.23. The summed E-state index contributed by atoms with van der Waals surface area (Å²) in [7, 11) is -9.92. The van der Waals surface area contributed by atoms with E-state index in [2.05, 4.69) is 55.4 Å². The van der Waals surface area contributed by atoms with Gasteiger partial charge >= 0.3 is 39.5 Å². The maximum absolute atomic E-state index is 13.1. The highest BCUT2D eigenvalue weighted by Gasteiger charge is 2.30. The number of phosphoric acid groups is 2. The van der Waals surface area contributed by atoms with E-state index in [1.807, 2.05) is 0 Å². The van der Waals surface area contributed by atoms with Gasteiger partial charge in [0.05, 0.1) is 26.4 Å². The van der Waals surface area contributed by atoms with Crippen LogP contribution in [0.1, 0.15) is 421 Å². The fourth-order valence-corrected chi connectivity index (χ4v) is 14.2. The molecule has 17 nitrogen and oxygen atoms in total. The second kappa shape index (κ2) is 71.0. The molecule has 101 heavy (non-hydrogen) atoms. The normalized spacial score (nSPS) is 14.3. The summed E-state index contributed by atoms with van der Waals surface area (Å²) in [6, 6.07) is 0. The topological polar surface area (TPSA) is 237 Å². The number of rotatable bonds is 79. The first kappa shape index (κ1) is 99.1. The quantitative estimate of drug-likeness (QED) is 0.0222. The van der Waals surface area contributed by atoms with Gasteiger partial charge in [-0.2, -0.15) is 0 Å². The number of unbranched alkanes of at least 4 members (excludes halogenated alkanes) is 44. The van der Waals surface area contributed by atoms with Crippen molar-refractivity contribution in [2.75, 3.05) is 39.6 Å². The molecule has 0 aromatic heterocycles. The zero-order valence-electron chi connectivity index (χ0n) is 66.5. The van der Waals surface area contributed by atoms with E-state index < -0.39 is 97.5 Å². The van der Waals surface area contributed by atoms with Gasteiger partial charge in [0.2, 0.25) is 0 Å². The minimum absolute atomic E-state index is 0.105. The third-order valence-electron chi connectivity index (χ3n) is 19.4. The van der Waals surface area contributed by atoms with Crippen molar-refractivity contribution in [2.45, 2.75) is 440 Å². The number of esters is 4. The Morgan fingerprint density at radius 2 is 0.475 bits per heavy atom. The Morgan fingerprint density at radius 3 is 0.703 bits per heavy atom. The molecule has 0 bridgehead atoms. The smallest absolute Gasteiger partial charge is 0.462 e. The van der Waals surface area contributed by atoms with Gasteiger partial charge in [0.25, 0.3) is 0 Å². The summed E-state index contributed by atoms with van der Waals surface area (Å²) in [6.45, 7) is 14.3. The van der Waals surface area contributed by atoms with Gasteiger partial charge in [-0.15, -0.1) is 0 Å². The Bertz CT molecular complexity index is 1970. The number of hydrogen-bond acceptors (Lipinski definition) is 15. The number of carbonyl (C=O) groups is 4. The van der Waals surface area contributed by atoms with E-state index in [0.29, 0.717) is 25.7 Å². The van der Waals surface area contributed by atoms with Gasteiger partial charge in [-0.25, -0.2) is 9.13 Å². The summed E-state index contributed by atoms with van der Waals surface area (Å²) >= 11 is 0. The summed E-state index contributed by atoms with van der Waals surface area (Å²) in [5.74, 6) is 0.988. The Morgan fingerprint density at radius 1 is 0.277 bits per heavy atom. The Labute approximate surface area is 619 Å². The first-order valence-corrected chi connectivity index (χ1v) is 45.2. The van der Waals surface area contributed by atoms with Crippen LogP contribution in [-0.4, -0.2) is 96.7 Å². The minimum Gasteiger partial charge on any atom is -0.462 e. The van der Waals surface area contributed by atoms with E-state index in [0.717, 1.165) is 120 Å². The molecule has 0 spiro atoms. The van der Waals surface area contributed by atoms with Crippen LogP contribution in [-0.2, 0) is 65.4 Å².